The predicted octanol–water partition coefficient (Wildman–Crippen LogP) is -0.0394. The Morgan fingerprint density at radius 2 is 2.13 bits per heavy atom. The Morgan fingerprint density at radius 3 is 2.67 bits per heavy atom. The third-order valence-electron chi connectivity index (χ3n) is 4.00. The lowest BCUT2D eigenvalue weighted by Gasteiger charge is -2.06. The summed E-state index contributed by atoms with van der Waals surface area (Å²) in [6, 6.07) is 0. The van der Waals surface area contributed by atoms with E-state index in [-0.39, 0.29) is 5.69 Å². The zero-order valence-corrected chi connectivity index (χ0v) is 9.23. The highest BCUT2D eigenvalue weighted by molar-refractivity contribution is 5.06. The highest BCUT2D eigenvalue weighted by Crippen LogP contribution is 2.49. The Morgan fingerprint density at radius 1 is 1.47 bits per heavy atom. The first-order valence-corrected chi connectivity index (χ1v) is 5.62. The van der Waals surface area contributed by atoms with Crippen LogP contribution in [0.2, 0.25) is 0 Å². The first kappa shape index (κ1) is 9.21. The van der Waals surface area contributed by atoms with E-state index in [9.17, 15) is 4.79 Å². The Balaban J connectivity index is 1.80. The first-order chi connectivity index (χ1) is 7.18. The van der Waals surface area contributed by atoms with E-state index in [0.717, 1.165) is 43.1 Å². The molecule has 1 saturated heterocycles. The van der Waals surface area contributed by atoms with Crippen LogP contribution < -0.4 is 11.0 Å². The maximum absolute atomic E-state index is 11.8. The zero-order chi connectivity index (χ0) is 10.6. The van der Waals surface area contributed by atoms with Crippen LogP contribution in [0.4, 0.5) is 0 Å². The molecule has 1 aromatic heterocycles. The number of rotatable bonds is 2. The number of fused-ring (bicyclic) bond motifs is 1. The molecule has 1 aromatic rings. The standard InChI is InChI=1S/C11H17N3O/c1-7-5-13(2)11(15)14(7)6-10-8-3-12-4-9(8)10/h5,8-10,12H,3-4,6H2,1-2H3. The van der Waals surface area contributed by atoms with Crippen molar-refractivity contribution in [2.45, 2.75) is 13.5 Å². The summed E-state index contributed by atoms with van der Waals surface area (Å²) in [5.74, 6) is 2.40. The van der Waals surface area contributed by atoms with E-state index >= 15 is 0 Å². The van der Waals surface area contributed by atoms with Gasteiger partial charge in [0.1, 0.15) is 0 Å². The van der Waals surface area contributed by atoms with Gasteiger partial charge in [-0.05, 0) is 37.8 Å². The molecule has 0 amide bonds. The summed E-state index contributed by atoms with van der Waals surface area (Å²) in [5.41, 5.74) is 1.21. The van der Waals surface area contributed by atoms with Gasteiger partial charge >= 0.3 is 5.69 Å². The maximum atomic E-state index is 11.8. The molecule has 15 heavy (non-hydrogen) atoms. The van der Waals surface area contributed by atoms with Crippen molar-refractivity contribution < 1.29 is 0 Å². The minimum absolute atomic E-state index is 0.130. The van der Waals surface area contributed by atoms with Crippen molar-refractivity contribution in [3.8, 4) is 0 Å². The molecular formula is C11H17N3O. The fourth-order valence-electron chi connectivity index (χ4n) is 3.00. The van der Waals surface area contributed by atoms with Crippen molar-refractivity contribution in [1.82, 2.24) is 14.5 Å². The van der Waals surface area contributed by atoms with Gasteiger partial charge < -0.3 is 9.88 Å². The van der Waals surface area contributed by atoms with E-state index in [4.69, 9.17) is 0 Å². The number of hydrogen-bond acceptors (Lipinski definition) is 2. The fraction of sp³-hybridized carbons (Fsp3) is 0.727. The molecule has 0 aromatic carbocycles. The van der Waals surface area contributed by atoms with Crippen molar-refractivity contribution in [1.29, 1.82) is 0 Å². The predicted molar refractivity (Wildman–Crippen MR) is 57.7 cm³/mol. The van der Waals surface area contributed by atoms with Crippen LogP contribution in [-0.2, 0) is 13.6 Å². The van der Waals surface area contributed by atoms with Crippen LogP contribution in [0.25, 0.3) is 0 Å². The van der Waals surface area contributed by atoms with Crippen molar-refractivity contribution in [2.24, 2.45) is 24.8 Å². The number of hydrogen-bond donors (Lipinski definition) is 1. The van der Waals surface area contributed by atoms with Gasteiger partial charge in [-0.3, -0.25) is 4.57 Å². The van der Waals surface area contributed by atoms with Crippen molar-refractivity contribution in [2.75, 3.05) is 13.1 Å². The van der Waals surface area contributed by atoms with Gasteiger partial charge in [-0.1, -0.05) is 0 Å². The molecule has 2 unspecified atom stereocenters. The Bertz CT molecular complexity index is 435. The third kappa shape index (κ3) is 1.28. The lowest BCUT2D eigenvalue weighted by Crippen LogP contribution is -2.26. The fourth-order valence-corrected chi connectivity index (χ4v) is 3.00. The smallest absolute Gasteiger partial charge is 0.316 e. The highest BCUT2D eigenvalue weighted by Gasteiger charge is 2.52. The summed E-state index contributed by atoms with van der Waals surface area (Å²) in [6.07, 6.45) is 1.92. The summed E-state index contributed by atoms with van der Waals surface area (Å²) >= 11 is 0. The van der Waals surface area contributed by atoms with Crippen LogP contribution in [0, 0.1) is 24.7 Å². The van der Waals surface area contributed by atoms with Gasteiger partial charge in [-0.25, -0.2) is 4.79 Å². The average Bonchev–Trinajstić information content (AvgIpc) is 2.58. The molecule has 1 aliphatic heterocycles. The molecule has 0 spiro atoms. The molecule has 3 rings (SSSR count). The Kier molecular flexibility index (Phi) is 1.83. The zero-order valence-electron chi connectivity index (χ0n) is 9.23. The number of aromatic nitrogens is 2. The van der Waals surface area contributed by atoms with E-state index in [1.54, 1.807) is 4.57 Å². The molecule has 2 heterocycles. The van der Waals surface area contributed by atoms with E-state index in [1.165, 1.54) is 0 Å². The third-order valence-corrected chi connectivity index (χ3v) is 4.00. The molecule has 0 bridgehead atoms. The van der Waals surface area contributed by atoms with Gasteiger partial charge in [-0.15, -0.1) is 0 Å². The van der Waals surface area contributed by atoms with Crippen molar-refractivity contribution >= 4 is 0 Å². The molecule has 4 heteroatoms. The summed E-state index contributed by atoms with van der Waals surface area (Å²) in [6.45, 7) is 5.23. The Hall–Kier alpha value is -1.03. The van der Waals surface area contributed by atoms with Gasteiger partial charge in [-0.2, -0.15) is 0 Å². The minimum atomic E-state index is 0.130. The van der Waals surface area contributed by atoms with Crippen LogP contribution in [0.15, 0.2) is 11.0 Å². The summed E-state index contributed by atoms with van der Waals surface area (Å²) in [5, 5.41) is 3.38. The second-order valence-electron chi connectivity index (χ2n) is 4.92. The topological polar surface area (TPSA) is 39.0 Å². The monoisotopic (exact) mass is 207 g/mol. The summed E-state index contributed by atoms with van der Waals surface area (Å²) in [7, 11) is 1.82. The van der Waals surface area contributed by atoms with Crippen molar-refractivity contribution in [3.63, 3.8) is 0 Å². The molecule has 1 saturated carbocycles. The van der Waals surface area contributed by atoms with E-state index < -0.39 is 0 Å². The van der Waals surface area contributed by atoms with Crippen LogP contribution >= 0.6 is 0 Å². The van der Waals surface area contributed by atoms with E-state index in [1.807, 2.05) is 24.7 Å². The SMILES string of the molecule is Cc1cn(C)c(=O)n1CC1C2CNCC21. The molecule has 82 valence electrons. The molecule has 2 aliphatic rings. The summed E-state index contributed by atoms with van der Waals surface area (Å²) < 4.78 is 3.59. The molecule has 2 atom stereocenters. The summed E-state index contributed by atoms with van der Waals surface area (Å²) in [4.78, 5) is 11.8. The average molecular weight is 207 g/mol. The van der Waals surface area contributed by atoms with E-state index in [0.29, 0.717) is 0 Å². The van der Waals surface area contributed by atoms with Gasteiger partial charge in [0, 0.05) is 25.5 Å². The molecular weight excluding hydrogens is 190 g/mol. The normalized spacial score (nSPS) is 33.1. The van der Waals surface area contributed by atoms with Crippen LogP contribution in [0.1, 0.15) is 5.69 Å². The molecule has 1 N–H and O–H groups in total. The second-order valence-corrected chi connectivity index (χ2v) is 4.92. The molecule has 2 fully saturated rings. The quantitative estimate of drug-likeness (QED) is 0.739. The van der Waals surface area contributed by atoms with Gasteiger partial charge in [0.2, 0.25) is 0 Å². The van der Waals surface area contributed by atoms with E-state index in [2.05, 4.69) is 5.32 Å². The maximum Gasteiger partial charge on any atom is 0.328 e. The number of piperidine rings is 1. The highest BCUT2D eigenvalue weighted by atomic mass is 16.1. The molecule has 1 aliphatic carbocycles. The largest absolute Gasteiger partial charge is 0.328 e. The lowest BCUT2D eigenvalue weighted by molar-refractivity contribution is 0.498. The molecule has 0 radical (unpaired) electrons. The Labute approximate surface area is 88.9 Å². The second kappa shape index (κ2) is 2.98. The van der Waals surface area contributed by atoms with Gasteiger partial charge in [0.15, 0.2) is 0 Å². The van der Waals surface area contributed by atoms with Gasteiger partial charge in [0.25, 0.3) is 0 Å². The molecule has 4 nitrogen and oxygen atoms in total. The van der Waals surface area contributed by atoms with Crippen LogP contribution in [0.3, 0.4) is 0 Å². The number of imidazole rings is 1. The minimum Gasteiger partial charge on any atom is -0.316 e. The number of nitrogens with one attached hydrogen (secondary N) is 1. The van der Waals surface area contributed by atoms with Crippen LogP contribution in [-0.4, -0.2) is 22.2 Å². The first-order valence-electron chi connectivity index (χ1n) is 5.62. The van der Waals surface area contributed by atoms with Crippen LogP contribution in [0.5, 0.6) is 0 Å². The number of aryl methyl sites for hydroxylation is 2. The number of nitrogens with zero attached hydrogens (tertiary/aromatic N) is 2. The van der Waals surface area contributed by atoms with Crippen molar-refractivity contribution in [3.05, 3.63) is 22.4 Å². The lowest BCUT2D eigenvalue weighted by atomic mass is 10.3. The van der Waals surface area contributed by atoms with Gasteiger partial charge in [0.05, 0.1) is 0 Å².